The van der Waals surface area contributed by atoms with Crippen molar-refractivity contribution >= 4 is 16.5 Å². The number of hydrogen-bond donors (Lipinski definition) is 1. The first kappa shape index (κ1) is 23.3. The highest BCUT2D eigenvalue weighted by Gasteiger charge is 2.18. The minimum atomic E-state index is 0.640. The van der Waals surface area contributed by atoms with Crippen LogP contribution in [0.4, 0.5) is 0 Å². The molecule has 5 aromatic carbocycles. The molecule has 0 amide bonds. The monoisotopic (exact) mass is 490 g/mol. The standard InChI is InChI=1S/C34H26N4/c1-2-30(35)25-19-17-24(18-20-25)29-22-21-23-11-9-10-16-28(23)31(29)34-37-32(26-12-5-3-6-13-26)36-33(38-34)27-14-7-4-8-15-27/h2-22H,35H2,1H3/b30-2-. The van der Waals surface area contributed by atoms with E-state index in [-0.39, 0.29) is 0 Å². The molecule has 0 aliphatic rings. The van der Waals surface area contributed by atoms with E-state index >= 15 is 0 Å². The molecule has 0 saturated carbocycles. The van der Waals surface area contributed by atoms with E-state index < -0.39 is 0 Å². The molecule has 4 heteroatoms. The van der Waals surface area contributed by atoms with Gasteiger partial charge in [-0.15, -0.1) is 0 Å². The van der Waals surface area contributed by atoms with Crippen molar-refractivity contribution in [3.8, 4) is 45.3 Å². The molecule has 2 N–H and O–H groups in total. The largest absolute Gasteiger partial charge is 0.399 e. The number of aromatic nitrogens is 3. The van der Waals surface area contributed by atoms with Crippen LogP contribution in [0.25, 0.3) is 61.8 Å². The van der Waals surface area contributed by atoms with Crippen molar-refractivity contribution in [1.29, 1.82) is 0 Å². The number of allylic oxidation sites excluding steroid dienone is 1. The Morgan fingerprint density at radius 2 is 1.11 bits per heavy atom. The Morgan fingerprint density at radius 1 is 0.553 bits per heavy atom. The van der Waals surface area contributed by atoms with E-state index in [1.807, 2.05) is 73.7 Å². The zero-order chi connectivity index (χ0) is 25.9. The lowest BCUT2D eigenvalue weighted by Gasteiger charge is -2.15. The summed E-state index contributed by atoms with van der Waals surface area (Å²) in [6.45, 7) is 1.94. The molecule has 0 unspecified atom stereocenters. The maximum Gasteiger partial charge on any atom is 0.165 e. The highest BCUT2D eigenvalue weighted by Crippen LogP contribution is 2.38. The molecule has 0 aliphatic heterocycles. The Labute approximate surface area is 222 Å². The Hall–Kier alpha value is -5.09. The molecule has 0 atom stereocenters. The van der Waals surface area contributed by atoms with Crippen LogP contribution in [0.5, 0.6) is 0 Å². The number of hydrogen-bond acceptors (Lipinski definition) is 4. The zero-order valence-electron chi connectivity index (χ0n) is 21.0. The Morgan fingerprint density at radius 3 is 1.71 bits per heavy atom. The van der Waals surface area contributed by atoms with Crippen molar-refractivity contribution in [2.45, 2.75) is 6.92 Å². The average molecular weight is 491 g/mol. The lowest BCUT2D eigenvalue weighted by molar-refractivity contribution is 1.08. The first-order valence-electron chi connectivity index (χ1n) is 12.6. The smallest absolute Gasteiger partial charge is 0.165 e. The van der Waals surface area contributed by atoms with Gasteiger partial charge in [0.25, 0.3) is 0 Å². The van der Waals surface area contributed by atoms with Gasteiger partial charge in [0.1, 0.15) is 0 Å². The van der Waals surface area contributed by atoms with Crippen molar-refractivity contribution in [2.75, 3.05) is 0 Å². The van der Waals surface area contributed by atoms with E-state index in [2.05, 4.69) is 60.7 Å². The van der Waals surface area contributed by atoms with E-state index in [4.69, 9.17) is 20.7 Å². The predicted molar refractivity (Wildman–Crippen MR) is 157 cm³/mol. The van der Waals surface area contributed by atoms with Gasteiger partial charge in [-0.3, -0.25) is 0 Å². The summed E-state index contributed by atoms with van der Waals surface area (Å²) in [5, 5.41) is 2.22. The quantitative estimate of drug-likeness (QED) is 0.266. The van der Waals surface area contributed by atoms with Crippen molar-refractivity contribution < 1.29 is 0 Å². The van der Waals surface area contributed by atoms with Gasteiger partial charge in [-0.25, -0.2) is 15.0 Å². The van der Waals surface area contributed by atoms with Crippen LogP contribution in [0.2, 0.25) is 0 Å². The number of nitrogens with zero attached hydrogens (tertiary/aromatic N) is 3. The normalized spacial score (nSPS) is 11.6. The lowest BCUT2D eigenvalue weighted by atomic mass is 9.93. The lowest BCUT2D eigenvalue weighted by Crippen LogP contribution is -2.01. The van der Waals surface area contributed by atoms with Crippen LogP contribution in [0, 0.1) is 0 Å². The van der Waals surface area contributed by atoms with Gasteiger partial charge in [-0.2, -0.15) is 0 Å². The minimum Gasteiger partial charge on any atom is -0.399 e. The molecule has 0 spiro atoms. The average Bonchev–Trinajstić information content (AvgIpc) is 3.01. The Balaban J connectivity index is 1.63. The third-order valence-corrected chi connectivity index (χ3v) is 6.69. The molecule has 0 bridgehead atoms. The fourth-order valence-electron chi connectivity index (χ4n) is 4.68. The van der Waals surface area contributed by atoms with Crippen molar-refractivity contribution in [2.24, 2.45) is 5.73 Å². The van der Waals surface area contributed by atoms with Crippen LogP contribution >= 0.6 is 0 Å². The Kier molecular flexibility index (Phi) is 6.20. The summed E-state index contributed by atoms with van der Waals surface area (Å²) in [6.07, 6.45) is 1.91. The van der Waals surface area contributed by atoms with E-state index in [0.717, 1.165) is 49.9 Å². The summed E-state index contributed by atoms with van der Waals surface area (Å²) in [4.78, 5) is 15.0. The van der Waals surface area contributed by atoms with Crippen LogP contribution in [-0.4, -0.2) is 15.0 Å². The van der Waals surface area contributed by atoms with Gasteiger partial charge in [0.2, 0.25) is 0 Å². The summed E-state index contributed by atoms with van der Waals surface area (Å²) >= 11 is 0. The fraction of sp³-hybridized carbons (Fsp3) is 0.0294. The van der Waals surface area contributed by atoms with Crippen LogP contribution in [-0.2, 0) is 0 Å². The Bertz CT molecular complexity index is 1700. The van der Waals surface area contributed by atoms with Gasteiger partial charge >= 0.3 is 0 Å². The van der Waals surface area contributed by atoms with Gasteiger partial charge in [0.15, 0.2) is 17.5 Å². The van der Waals surface area contributed by atoms with Crippen LogP contribution in [0.15, 0.2) is 127 Å². The van der Waals surface area contributed by atoms with E-state index in [1.165, 1.54) is 0 Å². The second kappa shape index (κ2) is 10.1. The minimum absolute atomic E-state index is 0.640. The maximum atomic E-state index is 6.16. The second-order valence-corrected chi connectivity index (χ2v) is 9.07. The zero-order valence-corrected chi connectivity index (χ0v) is 21.0. The summed E-state index contributed by atoms with van der Waals surface area (Å²) < 4.78 is 0. The van der Waals surface area contributed by atoms with E-state index in [9.17, 15) is 0 Å². The molecule has 0 radical (unpaired) electrons. The third-order valence-electron chi connectivity index (χ3n) is 6.69. The summed E-state index contributed by atoms with van der Waals surface area (Å²) in [5.74, 6) is 1.93. The summed E-state index contributed by atoms with van der Waals surface area (Å²) in [5.41, 5.74) is 12.9. The highest BCUT2D eigenvalue weighted by atomic mass is 15.0. The summed E-state index contributed by atoms with van der Waals surface area (Å²) in [7, 11) is 0. The number of rotatable bonds is 5. The van der Waals surface area contributed by atoms with Gasteiger partial charge in [-0.1, -0.05) is 127 Å². The molecular weight excluding hydrogens is 464 g/mol. The molecule has 38 heavy (non-hydrogen) atoms. The maximum absolute atomic E-state index is 6.16. The molecule has 1 aromatic heterocycles. The molecule has 6 aromatic rings. The first-order valence-corrected chi connectivity index (χ1v) is 12.6. The molecule has 1 heterocycles. The molecule has 0 aliphatic carbocycles. The van der Waals surface area contributed by atoms with E-state index in [1.54, 1.807) is 0 Å². The molecule has 6 rings (SSSR count). The third kappa shape index (κ3) is 4.44. The van der Waals surface area contributed by atoms with Crippen LogP contribution in [0.3, 0.4) is 0 Å². The number of nitrogens with two attached hydrogens (primary N) is 1. The SMILES string of the molecule is C/C=C(\N)c1ccc(-c2ccc3ccccc3c2-c2nc(-c3ccccc3)nc(-c3ccccc3)n2)cc1. The first-order chi connectivity index (χ1) is 18.7. The predicted octanol–water partition coefficient (Wildman–Crippen LogP) is 8.01. The molecular formula is C34H26N4. The van der Waals surface area contributed by atoms with Crippen LogP contribution < -0.4 is 5.73 Å². The van der Waals surface area contributed by atoms with Crippen LogP contribution in [0.1, 0.15) is 12.5 Å². The van der Waals surface area contributed by atoms with Gasteiger partial charge in [0.05, 0.1) is 0 Å². The number of fused-ring (bicyclic) bond motifs is 1. The van der Waals surface area contributed by atoms with Crippen molar-refractivity contribution in [3.05, 3.63) is 133 Å². The number of benzene rings is 5. The van der Waals surface area contributed by atoms with E-state index in [0.29, 0.717) is 17.5 Å². The molecule has 182 valence electrons. The van der Waals surface area contributed by atoms with Gasteiger partial charge in [-0.05, 0) is 34.4 Å². The molecule has 0 fully saturated rings. The van der Waals surface area contributed by atoms with Gasteiger partial charge in [0, 0.05) is 22.4 Å². The van der Waals surface area contributed by atoms with Crippen molar-refractivity contribution in [3.63, 3.8) is 0 Å². The second-order valence-electron chi connectivity index (χ2n) is 9.07. The topological polar surface area (TPSA) is 64.7 Å². The fourth-order valence-corrected chi connectivity index (χ4v) is 4.68. The van der Waals surface area contributed by atoms with Gasteiger partial charge < -0.3 is 5.73 Å². The molecule has 0 saturated heterocycles. The summed E-state index contributed by atoms with van der Waals surface area (Å²) in [6, 6.07) is 41.1. The molecule has 4 nitrogen and oxygen atoms in total. The highest BCUT2D eigenvalue weighted by molar-refractivity contribution is 6.03. The van der Waals surface area contributed by atoms with Crippen molar-refractivity contribution in [1.82, 2.24) is 15.0 Å².